The molecule has 100 valence electrons. The smallest absolute Gasteiger partial charge is 0.0437 e. The highest BCUT2D eigenvalue weighted by molar-refractivity contribution is 7.85. The fourth-order valence-corrected chi connectivity index (χ4v) is 4.24. The summed E-state index contributed by atoms with van der Waals surface area (Å²) in [5, 5.41) is 6.06. The Hall–Kier alpha value is -1.19. The highest BCUT2D eigenvalue weighted by Gasteiger charge is 2.21. The molecule has 3 unspecified atom stereocenters. The molecule has 3 rings (SSSR count). The molecule has 1 saturated heterocycles. The molecule has 1 aliphatic rings. The fourth-order valence-electron chi connectivity index (χ4n) is 2.67. The molecule has 1 fully saturated rings. The second-order valence-electron chi connectivity index (χ2n) is 5.45. The Labute approximate surface area is 116 Å². The van der Waals surface area contributed by atoms with Crippen LogP contribution < -0.4 is 5.32 Å². The molecule has 0 amide bonds. The Kier molecular flexibility index (Phi) is 3.67. The van der Waals surface area contributed by atoms with Gasteiger partial charge in [-0.2, -0.15) is 0 Å². The first-order chi connectivity index (χ1) is 9.22. The van der Waals surface area contributed by atoms with E-state index < -0.39 is 10.8 Å². The van der Waals surface area contributed by atoms with Gasteiger partial charge in [-0.25, -0.2) is 0 Å². The molecule has 1 N–H and O–H groups in total. The lowest BCUT2D eigenvalue weighted by Gasteiger charge is -2.16. The van der Waals surface area contributed by atoms with Crippen molar-refractivity contribution in [2.75, 3.05) is 18.1 Å². The van der Waals surface area contributed by atoms with Crippen molar-refractivity contribution < 1.29 is 4.21 Å². The Morgan fingerprint density at radius 3 is 2.74 bits per heavy atom. The molecule has 0 spiro atoms. The minimum absolute atomic E-state index is 0.218. The van der Waals surface area contributed by atoms with E-state index in [0.29, 0.717) is 5.92 Å². The van der Waals surface area contributed by atoms with Crippen molar-refractivity contribution in [1.29, 1.82) is 0 Å². The summed E-state index contributed by atoms with van der Waals surface area (Å²) in [5.74, 6) is 2.03. The molecular weight excluding hydrogens is 254 g/mol. The average Bonchev–Trinajstić information content (AvgIpc) is 2.59. The van der Waals surface area contributed by atoms with Gasteiger partial charge in [-0.3, -0.25) is 4.21 Å². The van der Waals surface area contributed by atoms with E-state index >= 15 is 0 Å². The summed E-state index contributed by atoms with van der Waals surface area (Å²) >= 11 is 0. The maximum absolute atomic E-state index is 12.0. The summed E-state index contributed by atoms with van der Waals surface area (Å²) < 4.78 is 12.0. The van der Waals surface area contributed by atoms with Crippen molar-refractivity contribution in [1.82, 2.24) is 5.32 Å². The Balaban J connectivity index is 1.92. The lowest BCUT2D eigenvalue weighted by molar-refractivity contribution is 0.518. The van der Waals surface area contributed by atoms with Gasteiger partial charge in [0.15, 0.2) is 0 Å². The highest BCUT2D eigenvalue weighted by atomic mass is 32.2. The van der Waals surface area contributed by atoms with Crippen LogP contribution in [0.1, 0.15) is 18.5 Å². The zero-order chi connectivity index (χ0) is 13.2. The molecule has 1 aliphatic heterocycles. The average molecular weight is 273 g/mol. The number of hydrogen-bond donors (Lipinski definition) is 1. The van der Waals surface area contributed by atoms with Crippen LogP contribution in [0.15, 0.2) is 42.5 Å². The molecule has 0 bridgehead atoms. The summed E-state index contributed by atoms with van der Waals surface area (Å²) in [6.45, 7) is 3.11. The van der Waals surface area contributed by atoms with Crippen molar-refractivity contribution in [2.24, 2.45) is 5.92 Å². The van der Waals surface area contributed by atoms with Crippen LogP contribution in [0.5, 0.6) is 0 Å². The fraction of sp³-hybridized carbons (Fsp3) is 0.375. The summed E-state index contributed by atoms with van der Waals surface area (Å²) in [6.07, 6.45) is 0. The van der Waals surface area contributed by atoms with E-state index in [2.05, 4.69) is 54.7 Å². The van der Waals surface area contributed by atoms with Crippen LogP contribution in [-0.4, -0.2) is 22.3 Å². The molecule has 1 heterocycles. The molecule has 2 nitrogen and oxygen atoms in total. The minimum Gasteiger partial charge on any atom is -0.309 e. The standard InChI is InChI=1S/C16H19NOS/c1-12-9-17-16(11-19(18)10-12)15-7-6-13-4-2-3-5-14(13)8-15/h2-8,12,16-17H,9-11H2,1H3. The van der Waals surface area contributed by atoms with E-state index in [9.17, 15) is 4.21 Å². The third-order valence-corrected chi connectivity index (χ3v) is 5.36. The molecule has 19 heavy (non-hydrogen) atoms. The highest BCUT2D eigenvalue weighted by Crippen LogP contribution is 2.23. The van der Waals surface area contributed by atoms with E-state index in [1.165, 1.54) is 16.3 Å². The quantitative estimate of drug-likeness (QED) is 0.865. The first-order valence-electron chi connectivity index (χ1n) is 6.79. The molecule has 3 atom stereocenters. The van der Waals surface area contributed by atoms with E-state index in [1.54, 1.807) is 0 Å². The van der Waals surface area contributed by atoms with Gasteiger partial charge in [0.1, 0.15) is 0 Å². The van der Waals surface area contributed by atoms with Gasteiger partial charge in [0.05, 0.1) is 0 Å². The molecule has 0 saturated carbocycles. The Morgan fingerprint density at radius 2 is 1.89 bits per heavy atom. The van der Waals surface area contributed by atoms with Crippen LogP contribution in [-0.2, 0) is 10.8 Å². The van der Waals surface area contributed by atoms with Crippen LogP contribution in [0.3, 0.4) is 0 Å². The van der Waals surface area contributed by atoms with Crippen molar-refractivity contribution in [2.45, 2.75) is 13.0 Å². The largest absolute Gasteiger partial charge is 0.309 e. The summed E-state index contributed by atoms with van der Waals surface area (Å²) in [7, 11) is -0.714. The van der Waals surface area contributed by atoms with E-state index in [1.807, 2.05) is 0 Å². The van der Waals surface area contributed by atoms with Crippen molar-refractivity contribution in [3.63, 3.8) is 0 Å². The monoisotopic (exact) mass is 273 g/mol. The number of fused-ring (bicyclic) bond motifs is 1. The number of rotatable bonds is 1. The van der Waals surface area contributed by atoms with Gasteiger partial charge < -0.3 is 5.32 Å². The summed E-state index contributed by atoms with van der Waals surface area (Å²) in [5.41, 5.74) is 1.25. The number of nitrogens with one attached hydrogen (secondary N) is 1. The van der Waals surface area contributed by atoms with Crippen LogP contribution >= 0.6 is 0 Å². The number of hydrogen-bond acceptors (Lipinski definition) is 2. The van der Waals surface area contributed by atoms with E-state index in [4.69, 9.17) is 0 Å². The van der Waals surface area contributed by atoms with Gasteiger partial charge in [0.25, 0.3) is 0 Å². The third kappa shape index (κ3) is 2.88. The third-order valence-electron chi connectivity index (χ3n) is 3.71. The van der Waals surface area contributed by atoms with Crippen LogP contribution in [0.4, 0.5) is 0 Å². The Bertz CT molecular complexity index is 610. The van der Waals surface area contributed by atoms with Crippen molar-refractivity contribution >= 4 is 21.6 Å². The van der Waals surface area contributed by atoms with Crippen LogP contribution in [0.2, 0.25) is 0 Å². The second-order valence-corrected chi connectivity index (χ2v) is 6.99. The summed E-state index contributed by atoms with van der Waals surface area (Å²) in [6, 6.07) is 15.1. The van der Waals surface area contributed by atoms with Gasteiger partial charge in [0.2, 0.25) is 0 Å². The van der Waals surface area contributed by atoms with Gasteiger partial charge in [-0.1, -0.05) is 43.3 Å². The summed E-state index contributed by atoms with van der Waals surface area (Å²) in [4.78, 5) is 0. The van der Waals surface area contributed by atoms with Gasteiger partial charge in [0, 0.05) is 28.3 Å². The first kappa shape index (κ1) is 12.8. The zero-order valence-corrected chi connectivity index (χ0v) is 12.0. The molecule has 2 aromatic rings. The van der Waals surface area contributed by atoms with Gasteiger partial charge in [-0.15, -0.1) is 0 Å². The molecule has 0 radical (unpaired) electrons. The van der Waals surface area contributed by atoms with Gasteiger partial charge in [-0.05, 0) is 34.9 Å². The van der Waals surface area contributed by atoms with E-state index in [-0.39, 0.29) is 6.04 Å². The Morgan fingerprint density at radius 1 is 1.11 bits per heavy atom. The molecule has 0 aliphatic carbocycles. The van der Waals surface area contributed by atoms with Crippen molar-refractivity contribution in [3.05, 3.63) is 48.0 Å². The van der Waals surface area contributed by atoms with Crippen molar-refractivity contribution in [3.8, 4) is 0 Å². The predicted octanol–water partition coefficient (Wildman–Crippen LogP) is 2.87. The lowest BCUT2D eigenvalue weighted by atomic mass is 10.0. The molecule has 2 aromatic carbocycles. The normalized spacial score (nSPS) is 28.2. The van der Waals surface area contributed by atoms with E-state index in [0.717, 1.165) is 18.1 Å². The van der Waals surface area contributed by atoms with Gasteiger partial charge >= 0.3 is 0 Å². The maximum Gasteiger partial charge on any atom is 0.0437 e. The topological polar surface area (TPSA) is 29.1 Å². The minimum atomic E-state index is -0.714. The predicted molar refractivity (Wildman–Crippen MR) is 81.7 cm³/mol. The first-order valence-corrected chi connectivity index (χ1v) is 8.28. The van der Waals surface area contributed by atoms with Crippen LogP contribution in [0.25, 0.3) is 10.8 Å². The lowest BCUT2D eigenvalue weighted by Crippen LogP contribution is -2.25. The van der Waals surface area contributed by atoms with Crippen LogP contribution in [0, 0.1) is 5.92 Å². The second kappa shape index (κ2) is 5.43. The number of benzene rings is 2. The SMILES string of the molecule is CC1CNC(c2ccc3ccccc3c2)CS(=O)C1. The molecule has 0 aromatic heterocycles. The zero-order valence-electron chi connectivity index (χ0n) is 11.1. The molecular formula is C16H19NOS. The maximum atomic E-state index is 12.0. The molecule has 3 heteroatoms.